The highest BCUT2D eigenvalue weighted by Crippen LogP contribution is 2.20. The van der Waals surface area contributed by atoms with Crippen LogP contribution < -0.4 is 15.1 Å². The Morgan fingerprint density at radius 1 is 0.846 bits per heavy atom. The van der Waals surface area contributed by atoms with Gasteiger partial charge in [-0.25, -0.2) is 9.97 Å². The largest absolute Gasteiger partial charge is 0.378 e. The molecule has 0 saturated carbocycles. The number of para-hydroxylation sites is 1. The van der Waals surface area contributed by atoms with Crippen molar-refractivity contribution >= 4 is 28.8 Å². The molecule has 0 bridgehead atoms. The predicted molar refractivity (Wildman–Crippen MR) is 105 cm³/mol. The van der Waals surface area contributed by atoms with E-state index in [1.165, 1.54) is 6.20 Å². The summed E-state index contributed by atoms with van der Waals surface area (Å²) in [5.74, 6) is 0.382. The van der Waals surface area contributed by atoms with E-state index < -0.39 is 0 Å². The second-order valence-corrected chi connectivity index (χ2v) is 6.05. The van der Waals surface area contributed by atoms with Crippen molar-refractivity contribution in [2.24, 2.45) is 0 Å². The van der Waals surface area contributed by atoms with Crippen LogP contribution in [0.3, 0.4) is 0 Å². The average Bonchev–Trinajstić information content (AvgIpc) is 2.68. The topological polar surface area (TPSA) is 61.4 Å². The summed E-state index contributed by atoms with van der Waals surface area (Å²) in [6.45, 7) is 0. The maximum absolute atomic E-state index is 12.3. The Labute approximate surface area is 153 Å². The zero-order chi connectivity index (χ0) is 18.5. The van der Waals surface area contributed by atoms with E-state index in [1.807, 2.05) is 85.5 Å². The van der Waals surface area contributed by atoms with Gasteiger partial charge in [0.2, 0.25) is 0 Å². The van der Waals surface area contributed by atoms with E-state index in [9.17, 15) is 4.79 Å². The minimum absolute atomic E-state index is 0.270. The van der Waals surface area contributed by atoms with Gasteiger partial charge in [0.1, 0.15) is 5.69 Å². The van der Waals surface area contributed by atoms with Gasteiger partial charge < -0.3 is 15.1 Å². The molecule has 0 aliphatic carbocycles. The van der Waals surface area contributed by atoms with Crippen molar-refractivity contribution in [1.82, 2.24) is 9.97 Å². The van der Waals surface area contributed by atoms with E-state index in [0.717, 1.165) is 11.4 Å². The second-order valence-electron chi connectivity index (χ2n) is 6.05. The normalized spacial score (nSPS) is 10.3. The van der Waals surface area contributed by atoms with E-state index in [-0.39, 0.29) is 11.6 Å². The predicted octanol–water partition coefficient (Wildman–Crippen LogP) is 3.56. The number of aromatic nitrogens is 2. The number of carbonyl (C=O) groups excluding carboxylic acids is 1. The van der Waals surface area contributed by atoms with E-state index >= 15 is 0 Å². The van der Waals surface area contributed by atoms with Gasteiger partial charge in [-0.15, -0.1) is 0 Å². The molecular formula is C20H21N5O. The third-order valence-corrected chi connectivity index (χ3v) is 4.00. The Balaban J connectivity index is 1.69. The molecule has 1 N–H and O–H groups in total. The minimum atomic E-state index is -0.288. The summed E-state index contributed by atoms with van der Waals surface area (Å²) in [6, 6.07) is 17.5. The third kappa shape index (κ3) is 3.97. The van der Waals surface area contributed by atoms with Crippen LogP contribution in [0.1, 0.15) is 10.5 Å². The summed E-state index contributed by atoms with van der Waals surface area (Å²) in [7, 11) is 5.85. The number of anilines is 4. The molecule has 0 aliphatic rings. The van der Waals surface area contributed by atoms with Crippen LogP contribution in [0.15, 0.2) is 67.0 Å². The molecule has 0 radical (unpaired) electrons. The van der Waals surface area contributed by atoms with Crippen molar-refractivity contribution in [2.45, 2.75) is 0 Å². The lowest BCUT2D eigenvalue weighted by atomic mass is 10.2. The van der Waals surface area contributed by atoms with Gasteiger partial charge in [0.05, 0.1) is 12.4 Å². The van der Waals surface area contributed by atoms with Gasteiger partial charge in [-0.2, -0.15) is 0 Å². The van der Waals surface area contributed by atoms with Crippen LogP contribution in [0.5, 0.6) is 0 Å². The summed E-state index contributed by atoms with van der Waals surface area (Å²) in [6.07, 6.45) is 3.08. The fourth-order valence-corrected chi connectivity index (χ4v) is 2.43. The molecule has 2 aromatic carbocycles. The third-order valence-electron chi connectivity index (χ3n) is 4.00. The van der Waals surface area contributed by atoms with Gasteiger partial charge in [-0.3, -0.25) is 4.79 Å². The van der Waals surface area contributed by atoms with Gasteiger partial charge in [0.25, 0.3) is 5.91 Å². The molecule has 0 unspecified atom stereocenters. The highest BCUT2D eigenvalue weighted by Gasteiger charge is 2.11. The highest BCUT2D eigenvalue weighted by molar-refractivity contribution is 6.02. The first-order valence-electron chi connectivity index (χ1n) is 8.24. The fourth-order valence-electron chi connectivity index (χ4n) is 2.43. The molecule has 1 aromatic heterocycles. The standard InChI is InChI=1S/C20H21N5O/c1-24(2)16-11-9-15(10-12-16)23-20(26)18-13-22-19(14-21-18)25(3)17-7-5-4-6-8-17/h4-14H,1-3H3,(H,23,26). The Hall–Kier alpha value is -3.41. The molecule has 1 heterocycles. The maximum atomic E-state index is 12.3. The highest BCUT2D eigenvalue weighted by atomic mass is 16.1. The van der Waals surface area contributed by atoms with E-state index in [4.69, 9.17) is 0 Å². The molecule has 26 heavy (non-hydrogen) atoms. The van der Waals surface area contributed by atoms with Gasteiger partial charge in [-0.05, 0) is 36.4 Å². The van der Waals surface area contributed by atoms with Crippen LogP contribution in [-0.4, -0.2) is 37.0 Å². The quantitative estimate of drug-likeness (QED) is 0.765. The van der Waals surface area contributed by atoms with Crippen molar-refractivity contribution in [2.75, 3.05) is 36.3 Å². The van der Waals surface area contributed by atoms with Gasteiger partial charge in [0, 0.05) is 38.2 Å². The summed E-state index contributed by atoms with van der Waals surface area (Å²) < 4.78 is 0. The molecule has 0 saturated heterocycles. The van der Waals surface area contributed by atoms with E-state index in [2.05, 4.69) is 15.3 Å². The molecule has 0 spiro atoms. The van der Waals surface area contributed by atoms with Crippen molar-refractivity contribution in [3.8, 4) is 0 Å². The molecule has 3 aromatic rings. The summed E-state index contributed by atoms with van der Waals surface area (Å²) in [4.78, 5) is 24.9. The molecule has 132 valence electrons. The zero-order valence-corrected chi connectivity index (χ0v) is 15.0. The number of hydrogen-bond donors (Lipinski definition) is 1. The number of nitrogens with zero attached hydrogens (tertiary/aromatic N) is 4. The SMILES string of the molecule is CN(C)c1ccc(NC(=O)c2cnc(N(C)c3ccccc3)cn2)cc1. The molecule has 1 amide bonds. The molecule has 0 fully saturated rings. The van der Waals surface area contributed by atoms with Crippen molar-refractivity contribution in [3.63, 3.8) is 0 Å². The van der Waals surface area contributed by atoms with Crippen LogP contribution >= 0.6 is 0 Å². The average molecular weight is 347 g/mol. The molecule has 6 heteroatoms. The number of rotatable bonds is 5. The minimum Gasteiger partial charge on any atom is -0.378 e. The van der Waals surface area contributed by atoms with Gasteiger partial charge in [-0.1, -0.05) is 18.2 Å². The van der Waals surface area contributed by atoms with Crippen molar-refractivity contribution < 1.29 is 4.79 Å². The summed E-state index contributed by atoms with van der Waals surface area (Å²) >= 11 is 0. The summed E-state index contributed by atoms with van der Waals surface area (Å²) in [5, 5.41) is 2.83. The van der Waals surface area contributed by atoms with Gasteiger partial charge in [0.15, 0.2) is 5.82 Å². The maximum Gasteiger partial charge on any atom is 0.275 e. The molecular weight excluding hydrogens is 326 g/mol. The molecule has 3 rings (SSSR count). The first-order valence-corrected chi connectivity index (χ1v) is 8.24. The van der Waals surface area contributed by atoms with Crippen molar-refractivity contribution in [3.05, 3.63) is 72.7 Å². The Morgan fingerprint density at radius 2 is 1.54 bits per heavy atom. The number of benzene rings is 2. The number of amides is 1. The zero-order valence-electron chi connectivity index (χ0n) is 15.0. The van der Waals surface area contributed by atoms with E-state index in [0.29, 0.717) is 11.5 Å². The van der Waals surface area contributed by atoms with Crippen LogP contribution in [0.25, 0.3) is 0 Å². The molecule has 0 atom stereocenters. The second kappa shape index (κ2) is 7.65. The smallest absolute Gasteiger partial charge is 0.275 e. The Morgan fingerprint density at radius 3 is 2.12 bits per heavy atom. The first-order chi connectivity index (χ1) is 12.5. The van der Waals surface area contributed by atoms with Gasteiger partial charge >= 0.3 is 0 Å². The monoisotopic (exact) mass is 347 g/mol. The fraction of sp³-hybridized carbons (Fsp3) is 0.150. The Bertz CT molecular complexity index is 861. The van der Waals surface area contributed by atoms with E-state index in [1.54, 1.807) is 6.20 Å². The number of nitrogens with one attached hydrogen (secondary N) is 1. The van der Waals surface area contributed by atoms with Crippen molar-refractivity contribution in [1.29, 1.82) is 0 Å². The molecule has 0 aliphatic heterocycles. The lowest BCUT2D eigenvalue weighted by Crippen LogP contribution is -2.16. The van der Waals surface area contributed by atoms with Crippen LogP contribution in [0, 0.1) is 0 Å². The van der Waals surface area contributed by atoms with Crippen LogP contribution in [0.2, 0.25) is 0 Å². The first kappa shape index (κ1) is 17.4. The van der Waals surface area contributed by atoms with Crippen LogP contribution in [-0.2, 0) is 0 Å². The summed E-state index contributed by atoms with van der Waals surface area (Å²) in [5.41, 5.74) is 3.05. The lowest BCUT2D eigenvalue weighted by Gasteiger charge is -2.17. The number of carbonyl (C=O) groups is 1. The Kier molecular flexibility index (Phi) is 5.12. The van der Waals surface area contributed by atoms with Crippen LogP contribution in [0.4, 0.5) is 22.9 Å². The lowest BCUT2D eigenvalue weighted by molar-refractivity contribution is 0.102. The molecule has 6 nitrogen and oxygen atoms in total. The number of hydrogen-bond acceptors (Lipinski definition) is 5.